The van der Waals surface area contributed by atoms with Gasteiger partial charge in [-0.15, -0.1) is 0 Å². The van der Waals surface area contributed by atoms with Crippen LogP contribution in [0.1, 0.15) is 132 Å². The lowest BCUT2D eigenvalue weighted by Gasteiger charge is -2.31. The summed E-state index contributed by atoms with van der Waals surface area (Å²) in [6, 6.07) is 67.8. The van der Waals surface area contributed by atoms with E-state index in [1.54, 1.807) is 0 Å². The van der Waals surface area contributed by atoms with Crippen LogP contribution >= 0.6 is 0 Å². The number of aromatic nitrogens is 2. The highest BCUT2D eigenvalue weighted by molar-refractivity contribution is 6.09. The molecule has 0 atom stereocenters. The van der Waals surface area contributed by atoms with Crippen LogP contribution in [0.4, 0.5) is 22.7 Å². The summed E-state index contributed by atoms with van der Waals surface area (Å²) in [6.45, 7) is 35.1. The van der Waals surface area contributed by atoms with Gasteiger partial charge in [-0.25, -0.2) is 4.98 Å². The van der Waals surface area contributed by atoms with Gasteiger partial charge in [-0.1, -0.05) is 207 Å². The third kappa shape index (κ3) is 10.8. The SMILES string of the molecule is CC(C)(C)Cc1ccc2c(c1)N(c1cccc(Oc3ccc4c5ccccc5n(-c5cc(C(C)(C)C)ccn5)c4c3)c1)CN2c1c(-c2ccc(-c3cccc(C(C)(C)C)c3)cc2)cc(C(C)(C)C)cc1-c1cccc(C(C)(C)C)c1. The number of hydrogen-bond donors (Lipinski definition) is 0. The summed E-state index contributed by atoms with van der Waals surface area (Å²) in [6.07, 6.45) is 2.89. The van der Waals surface area contributed by atoms with Crippen molar-refractivity contribution in [3.63, 3.8) is 0 Å². The Morgan fingerprint density at radius 2 is 1.00 bits per heavy atom. The highest BCUT2D eigenvalue weighted by atomic mass is 16.5. The van der Waals surface area contributed by atoms with E-state index in [1.165, 1.54) is 83.6 Å². The molecule has 80 heavy (non-hydrogen) atoms. The highest BCUT2D eigenvalue weighted by Gasteiger charge is 2.34. The number of pyridine rings is 1. The van der Waals surface area contributed by atoms with Gasteiger partial charge in [-0.2, -0.15) is 0 Å². The number of hydrogen-bond acceptors (Lipinski definition) is 4. The predicted octanol–water partition coefficient (Wildman–Crippen LogP) is 21.0. The van der Waals surface area contributed by atoms with E-state index in [0.717, 1.165) is 45.8 Å². The molecule has 0 amide bonds. The second-order valence-electron chi connectivity index (χ2n) is 27.8. The van der Waals surface area contributed by atoms with Crippen molar-refractivity contribution in [3.05, 3.63) is 216 Å². The van der Waals surface area contributed by atoms with Crippen LogP contribution in [0, 0.1) is 5.41 Å². The first kappa shape index (κ1) is 54.1. The molecule has 0 bridgehead atoms. The molecule has 5 nitrogen and oxygen atoms in total. The normalized spacial score (nSPS) is 13.4. The van der Waals surface area contributed by atoms with Gasteiger partial charge in [0.05, 0.1) is 28.1 Å². The third-order valence-corrected chi connectivity index (χ3v) is 16.0. The Labute approximate surface area is 476 Å². The highest BCUT2D eigenvalue weighted by Crippen LogP contribution is 2.53. The van der Waals surface area contributed by atoms with Crippen LogP contribution in [-0.4, -0.2) is 16.2 Å². The van der Waals surface area contributed by atoms with Crippen molar-refractivity contribution in [2.45, 2.75) is 132 Å². The molecule has 1 aliphatic rings. The largest absolute Gasteiger partial charge is 0.457 e. The van der Waals surface area contributed by atoms with Crippen LogP contribution in [0.3, 0.4) is 0 Å². The van der Waals surface area contributed by atoms with Crippen LogP contribution < -0.4 is 14.5 Å². The topological polar surface area (TPSA) is 33.5 Å². The number of anilines is 4. The number of nitrogens with zero attached hydrogens (tertiary/aromatic N) is 4. The molecule has 3 heterocycles. The Morgan fingerprint density at radius 3 is 1.68 bits per heavy atom. The smallest absolute Gasteiger partial charge is 0.137 e. The third-order valence-electron chi connectivity index (χ3n) is 16.0. The summed E-state index contributed by atoms with van der Waals surface area (Å²) in [5.74, 6) is 2.43. The Morgan fingerprint density at radius 1 is 0.412 bits per heavy atom. The molecular weight excluding hydrogens is 973 g/mol. The van der Waals surface area contributed by atoms with Gasteiger partial charge in [-0.3, -0.25) is 4.57 Å². The number of rotatable bonds is 9. The Kier molecular flexibility index (Phi) is 13.5. The minimum absolute atomic E-state index is 0.0252. The molecule has 8 aromatic carbocycles. The van der Waals surface area contributed by atoms with E-state index in [0.29, 0.717) is 6.67 Å². The zero-order valence-electron chi connectivity index (χ0n) is 50.0. The molecule has 0 N–H and O–H groups in total. The lowest BCUT2D eigenvalue weighted by molar-refractivity contribution is 0.411. The van der Waals surface area contributed by atoms with Crippen molar-refractivity contribution in [3.8, 4) is 50.7 Å². The maximum absolute atomic E-state index is 6.97. The molecular formula is C75H80N4O. The molecule has 0 spiro atoms. The first-order chi connectivity index (χ1) is 37.8. The van der Waals surface area contributed by atoms with Crippen molar-refractivity contribution in [1.29, 1.82) is 0 Å². The average Bonchev–Trinajstić information content (AvgIpc) is 4.18. The van der Waals surface area contributed by atoms with Gasteiger partial charge in [0.15, 0.2) is 0 Å². The average molecular weight is 1050 g/mol. The van der Waals surface area contributed by atoms with Crippen LogP contribution in [0.5, 0.6) is 11.5 Å². The van der Waals surface area contributed by atoms with E-state index in [2.05, 4.69) is 300 Å². The zero-order chi connectivity index (χ0) is 56.7. The van der Waals surface area contributed by atoms with Crippen molar-refractivity contribution in [2.75, 3.05) is 16.5 Å². The Hall–Kier alpha value is -7.89. The van der Waals surface area contributed by atoms with Crippen molar-refractivity contribution in [2.24, 2.45) is 5.41 Å². The van der Waals surface area contributed by atoms with Crippen molar-refractivity contribution in [1.82, 2.24) is 9.55 Å². The lowest BCUT2D eigenvalue weighted by atomic mass is 9.80. The molecule has 0 saturated carbocycles. The summed E-state index contributed by atoms with van der Waals surface area (Å²) in [5, 5.41) is 2.34. The predicted molar refractivity (Wildman–Crippen MR) is 341 cm³/mol. The first-order valence-electron chi connectivity index (χ1n) is 28.7. The summed E-state index contributed by atoms with van der Waals surface area (Å²) in [4.78, 5) is 10.0. The molecule has 0 aliphatic carbocycles. The fourth-order valence-corrected chi connectivity index (χ4v) is 11.5. The molecule has 0 radical (unpaired) electrons. The Bertz CT molecular complexity index is 3950. The second-order valence-corrected chi connectivity index (χ2v) is 27.8. The first-order valence-corrected chi connectivity index (χ1v) is 28.7. The fourth-order valence-electron chi connectivity index (χ4n) is 11.5. The number of ether oxygens (including phenoxy) is 1. The van der Waals surface area contributed by atoms with Gasteiger partial charge in [0, 0.05) is 45.9 Å². The number of benzene rings is 8. The molecule has 2 aromatic heterocycles. The number of para-hydroxylation sites is 1. The minimum Gasteiger partial charge on any atom is -0.457 e. The summed E-state index contributed by atoms with van der Waals surface area (Å²) < 4.78 is 9.25. The van der Waals surface area contributed by atoms with Crippen molar-refractivity contribution >= 4 is 44.6 Å². The lowest BCUT2D eigenvalue weighted by Crippen LogP contribution is -2.25. The van der Waals surface area contributed by atoms with Crippen LogP contribution in [0.15, 0.2) is 188 Å². The molecule has 406 valence electrons. The number of fused-ring (bicyclic) bond motifs is 4. The monoisotopic (exact) mass is 1050 g/mol. The van der Waals surface area contributed by atoms with Gasteiger partial charge in [0.1, 0.15) is 24.0 Å². The van der Waals surface area contributed by atoms with E-state index in [1.807, 2.05) is 6.20 Å². The van der Waals surface area contributed by atoms with E-state index in [4.69, 9.17) is 9.72 Å². The second kappa shape index (κ2) is 20.0. The molecule has 1 aliphatic heterocycles. The zero-order valence-corrected chi connectivity index (χ0v) is 50.0. The van der Waals surface area contributed by atoms with Gasteiger partial charge in [0.2, 0.25) is 0 Å². The maximum Gasteiger partial charge on any atom is 0.137 e. The van der Waals surface area contributed by atoms with Gasteiger partial charge in [-0.05, 0) is 150 Å². The molecule has 0 saturated heterocycles. The maximum atomic E-state index is 6.97. The van der Waals surface area contributed by atoms with Gasteiger partial charge >= 0.3 is 0 Å². The van der Waals surface area contributed by atoms with E-state index >= 15 is 0 Å². The van der Waals surface area contributed by atoms with Gasteiger partial charge < -0.3 is 14.5 Å². The van der Waals surface area contributed by atoms with E-state index < -0.39 is 0 Å². The standard InChI is InChI=1S/C75H80N4O/c1-71(2,3)47-49-29-36-66-68(39-49)77(58-25-20-26-59(45-58)80-60-34-35-62-61-27-16-17-28-65(61)79(67(62)46-60)69-44-56(37-38-76-69)74(10,11)12)48-78(66)70-63(51-32-30-50(31-33-51)52-21-18-23-54(40-52)72(4,5)6)42-57(75(13,14)15)43-64(70)53-22-19-24-55(41-53)73(7,8)9/h16-46H,47-48H2,1-15H3. The van der Waals surface area contributed by atoms with E-state index in [9.17, 15) is 0 Å². The molecule has 10 aromatic rings. The van der Waals surface area contributed by atoms with Crippen LogP contribution in [0.2, 0.25) is 0 Å². The van der Waals surface area contributed by atoms with Gasteiger partial charge in [0.25, 0.3) is 0 Å². The van der Waals surface area contributed by atoms with Crippen LogP contribution in [0.25, 0.3) is 61.0 Å². The molecule has 11 rings (SSSR count). The minimum atomic E-state index is -0.121. The summed E-state index contributed by atoms with van der Waals surface area (Å²) >= 11 is 0. The fraction of sp³-hybridized carbons (Fsp3) is 0.293. The summed E-state index contributed by atoms with van der Waals surface area (Å²) in [5.41, 5.74) is 20.5. The molecule has 0 unspecified atom stereocenters. The quantitative estimate of drug-likeness (QED) is 0.144. The molecule has 5 heteroatoms. The van der Waals surface area contributed by atoms with Crippen molar-refractivity contribution < 1.29 is 4.74 Å². The van der Waals surface area contributed by atoms with E-state index in [-0.39, 0.29) is 27.1 Å². The molecule has 0 fully saturated rings. The van der Waals surface area contributed by atoms with Crippen LogP contribution in [-0.2, 0) is 28.1 Å². The Balaban J connectivity index is 1.05. The summed E-state index contributed by atoms with van der Waals surface area (Å²) in [7, 11) is 0.